The molecule has 0 bridgehead atoms. The number of ether oxygens (including phenoxy) is 1. The lowest BCUT2D eigenvalue weighted by Gasteiger charge is -2.17. The molecule has 0 saturated heterocycles. The molecule has 0 spiro atoms. The summed E-state index contributed by atoms with van der Waals surface area (Å²) in [5, 5.41) is 0. The highest BCUT2D eigenvalue weighted by Gasteiger charge is 2.23. The second-order valence-electron chi connectivity index (χ2n) is 6.50. The van der Waals surface area contributed by atoms with Crippen LogP contribution in [0.4, 0.5) is 0 Å². The van der Waals surface area contributed by atoms with Crippen LogP contribution in [0.15, 0.2) is 78.9 Å². The van der Waals surface area contributed by atoms with Crippen LogP contribution >= 0.6 is 7.60 Å². The summed E-state index contributed by atoms with van der Waals surface area (Å²) in [6, 6.07) is 26.1. The summed E-state index contributed by atoms with van der Waals surface area (Å²) in [7, 11) is -0.360. The fraction of sp³-hybridized carbons (Fsp3) is 0.217. The van der Waals surface area contributed by atoms with E-state index < -0.39 is 7.60 Å². The molecule has 3 rings (SSSR count). The normalized spacial score (nSPS) is 11.4. The number of rotatable bonds is 9. The molecule has 0 atom stereocenters. The minimum atomic E-state index is -3.19. The van der Waals surface area contributed by atoms with Crippen LogP contribution in [0.1, 0.15) is 22.3 Å². The summed E-state index contributed by atoms with van der Waals surface area (Å²) >= 11 is 0. The van der Waals surface area contributed by atoms with E-state index in [4.69, 9.17) is 13.8 Å². The lowest BCUT2D eigenvalue weighted by atomic mass is 10.0. The number of hydrogen-bond acceptors (Lipinski definition) is 4. The Morgan fingerprint density at radius 3 is 1.96 bits per heavy atom. The molecule has 146 valence electrons. The first-order chi connectivity index (χ1) is 13.6. The highest BCUT2D eigenvalue weighted by Crippen LogP contribution is 2.50. The van der Waals surface area contributed by atoms with Gasteiger partial charge in [-0.3, -0.25) is 4.57 Å². The van der Waals surface area contributed by atoms with Crippen molar-refractivity contribution in [3.05, 3.63) is 101 Å². The van der Waals surface area contributed by atoms with Crippen molar-refractivity contribution in [3.63, 3.8) is 0 Å². The molecule has 0 aliphatic heterocycles. The maximum absolute atomic E-state index is 12.7. The monoisotopic (exact) mass is 396 g/mol. The van der Waals surface area contributed by atoms with Crippen LogP contribution in [-0.2, 0) is 32.8 Å². The standard InChI is InChI=1S/C23H25O4P/c1-25-28(24,26-2)18-22-16-23(27-17-20-11-7-4-8-12-20)14-13-21(22)15-19-9-5-3-6-10-19/h3-14,16H,15,17-18H2,1-2H3. The summed E-state index contributed by atoms with van der Waals surface area (Å²) in [6.07, 6.45) is 0.938. The highest BCUT2D eigenvalue weighted by atomic mass is 31.2. The molecule has 28 heavy (non-hydrogen) atoms. The zero-order chi connectivity index (χ0) is 19.8. The summed E-state index contributed by atoms with van der Waals surface area (Å²) in [4.78, 5) is 0. The molecular weight excluding hydrogens is 371 g/mol. The molecule has 0 aliphatic carbocycles. The molecule has 0 amide bonds. The van der Waals surface area contributed by atoms with Crippen molar-refractivity contribution in [2.75, 3.05) is 14.2 Å². The summed E-state index contributed by atoms with van der Waals surface area (Å²) in [5.41, 5.74) is 4.26. The van der Waals surface area contributed by atoms with Crippen LogP contribution in [0.5, 0.6) is 5.75 Å². The Kier molecular flexibility index (Phi) is 7.05. The predicted molar refractivity (Wildman–Crippen MR) is 112 cm³/mol. The smallest absolute Gasteiger partial charge is 0.334 e. The summed E-state index contributed by atoms with van der Waals surface area (Å²) < 4.78 is 29.0. The van der Waals surface area contributed by atoms with Crippen LogP contribution < -0.4 is 4.74 Å². The van der Waals surface area contributed by atoms with E-state index in [1.807, 2.05) is 66.7 Å². The van der Waals surface area contributed by atoms with E-state index in [0.29, 0.717) is 6.61 Å². The van der Waals surface area contributed by atoms with Crippen molar-refractivity contribution in [1.29, 1.82) is 0 Å². The maximum Gasteiger partial charge on any atom is 0.334 e. The van der Waals surface area contributed by atoms with Crippen LogP contribution in [0.25, 0.3) is 0 Å². The first kappa shape index (κ1) is 20.3. The third kappa shape index (κ3) is 5.56. The van der Waals surface area contributed by atoms with Crippen LogP contribution in [0.2, 0.25) is 0 Å². The van der Waals surface area contributed by atoms with Gasteiger partial charge in [0.25, 0.3) is 0 Å². The van der Waals surface area contributed by atoms with Crippen molar-refractivity contribution in [2.45, 2.75) is 19.2 Å². The first-order valence-corrected chi connectivity index (χ1v) is 10.9. The zero-order valence-electron chi connectivity index (χ0n) is 16.2. The van der Waals surface area contributed by atoms with Gasteiger partial charge < -0.3 is 13.8 Å². The minimum absolute atomic E-state index is 0.199. The Balaban J connectivity index is 1.85. The molecule has 0 heterocycles. The second kappa shape index (κ2) is 9.70. The van der Waals surface area contributed by atoms with Gasteiger partial charge in [-0.25, -0.2) is 0 Å². The van der Waals surface area contributed by atoms with E-state index in [-0.39, 0.29) is 6.16 Å². The van der Waals surface area contributed by atoms with Gasteiger partial charge in [0.05, 0.1) is 6.16 Å². The van der Waals surface area contributed by atoms with Crippen LogP contribution in [0.3, 0.4) is 0 Å². The van der Waals surface area contributed by atoms with E-state index in [1.165, 1.54) is 19.8 Å². The lowest BCUT2D eigenvalue weighted by Crippen LogP contribution is -2.02. The summed E-state index contributed by atoms with van der Waals surface area (Å²) in [5.74, 6) is 0.731. The van der Waals surface area contributed by atoms with Crippen molar-refractivity contribution < 1.29 is 18.3 Å². The predicted octanol–water partition coefficient (Wildman–Crippen LogP) is 5.84. The first-order valence-electron chi connectivity index (χ1n) is 9.15. The zero-order valence-corrected chi connectivity index (χ0v) is 17.1. The van der Waals surface area contributed by atoms with E-state index in [1.54, 1.807) is 0 Å². The molecule has 0 N–H and O–H groups in total. The highest BCUT2D eigenvalue weighted by molar-refractivity contribution is 7.52. The van der Waals surface area contributed by atoms with Crippen LogP contribution in [-0.4, -0.2) is 14.2 Å². The summed E-state index contributed by atoms with van der Waals surface area (Å²) in [6.45, 7) is 0.477. The van der Waals surface area contributed by atoms with E-state index >= 15 is 0 Å². The van der Waals surface area contributed by atoms with Gasteiger partial charge in [0, 0.05) is 14.2 Å². The largest absolute Gasteiger partial charge is 0.489 e. The van der Waals surface area contributed by atoms with Crippen molar-refractivity contribution in [1.82, 2.24) is 0 Å². The van der Waals surface area contributed by atoms with Crippen molar-refractivity contribution in [3.8, 4) is 5.75 Å². The molecule has 5 heteroatoms. The Labute approximate surface area is 166 Å². The minimum Gasteiger partial charge on any atom is -0.489 e. The third-order valence-electron chi connectivity index (χ3n) is 4.58. The van der Waals surface area contributed by atoms with Gasteiger partial charge in [-0.1, -0.05) is 66.7 Å². The molecule has 3 aromatic carbocycles. The quantitative estimate of drug-likeness (QED) is 0.426. The Bertz CT molecular complexity index is 918. The molecule has 3 aromatic rings. The number of benzene rings is 3. The topological polar surface area (TPSA) is 44.8 Å². The molecule has 4 nitrogen and oxygen atoms in total. The Hall–Kier alpha value is -2.39. The molecular formula is C23H25O4P. The fourth-order valence-corrected chi connectivity index (χ4v) is 4.10. The van der Waals surface area contributed by atoms with Gasteiger partial charge in [0.1, 0.15) is 12.4 Å². The van der Waals surface area contributed by atoms with Crippen LogP contribution in [0, 0.1) is 0 Å². The Morgan fingerprint density at radius 1 is 0.750 bits per heavy atom. The third-order valence-corrected chi connectivity index (χ3v) is 6.42. The van der Waals surface area contributed by atoms with E-state index in [0.717, 1.165) is 28.9 Å². The van der Waals surface area contributed by atoms with Crippen molar-refractivity contribution >= 4 is 7.60 Å². The van der Waals surface area contributed by atoms with Gasteiger partial charge in [0.15, 0.2) is 0 Å². The van der Waals surface area contributed by atoms with Gasteiger partial charge in [-0.15, -0.1) is 0 Å². The van der Waals surface area contributed by atoms with E-state index in [9.17, 15) is 4.57 Å². The maximum atomic E-state index is 12.7. The Morgan fingerprint density at radius 2 is 1.36 bits per heavy atom. The molecule has 0 radical (unpaired) electrons. The van der Waals surface area contributed by atoms with Gasteiger partial charge in [-0.2, -0.15) is 0 Å². The van der Waals surface area contributed by atoms with Gasteiger partial charge in [-0.05, 0) is 40.8 Å². The average molecular weight is 396 g/mol. The average Bonchev–Trinajstić information content (AvgIpc) is 2.75. The molecule has 0 fully saturated rings. The molecule has 0 saturated carbocycles. The second-order valence-corrected chi connectivity index (χ2v) is 8.77. The number of hydrogen-bond donors (Lipinski definition) is 0. The van der Waals surface area contributed by atoms with Gasteiger partial charge in [0.2, 0.25) is 0 Å². The molecule has 0 aromatic heterocycles. The van der Waals surface area contributed by atoms with Crippen molar-refractivity contribution in [2.24, 2.45) is 0 Å². The lowest BCUT2D eigenvalue weighted by molar-refractivity contribution is 0.274. The molecule has 0 aliphatic rings. The van der Waals surface area contributed by atoms with E-state index in [2.05, 4.69) is 12.1 Å². The fourth-order valence-electron chi connectivity index (χ4n) is 2.98. The van der Waals surface area contributed by atoms with Gasteiger partial charge >= 0.3 is 7.60 Å². The molecule has 0 unspecified atom stereocenters. The SMILES string of the molecule is COP(=O)(Cc1cc(OCc2ccccc2)ccc1Cc1ccccc1)OC.